The predicted molar refractivity (Wildman–Crippen MR) is 77.6 cm³/mol. The quantitative estimate of drug-likeness (QED) is 0.914. The van der Waals surface area contributed by atoms with Gasteiger partial charge in [0.2, 0.25) is 0 Å². The fourth-order valence-corrected chi connectivity index (χ4v) is 3.04. The molecule has 2 atom stereocenters. The third-order valence-corrected chi connectivity index (χ3v) is 3.92. The van der Waals surface area contributed by atoms with E-state index in [1.165, 1.54) is 5.56 Å². The molecule has 1 saturated heterocycles. The highest BCUT2D eigenvalue weighted by Gasteiger charge is 2.31. The van der Waals surface area contributed by atoms with Crippen molar-refractivity contribution in [2.45, 2.75) is 25.0 Å². The van der Waals surface area contributed by atoms with Crippen molar-refractivity contribution >= 4 is 0 Å². The Morgan fingerprint density at radius 2 is 1.71 bits per heavy atom. The number of rotatable bonds is 4. The van der Waals surface area contributed by atoms with Crippen molar-refractivity contribution < 1.29 is 13.5 Å². The predicted octanol–water partition coefficient (Wildman–Crippen LogP) is 4.11. The molecule has 1 fully saturated rings. The summed E-state index contributed by atoms with van der Waals surface area (Å²) in [5.74, 6) is 0.421. The van der Waals surface area contributed by atoms with E-state index in [1.807, 2.05) is 30.3 Å². The molecule has 21 heavy (non-hydrogen) atoms. The summed E-state index contributed by atoms with van der Waals surface area (Å²) in [5.41, 5.74) is 2.02. The van der Waals surface area contributed by atoms with Gasteiger partial charge < -0.3 is 10.1 Å². The number of benzene rings is 2. The van der Waals surface area contributed by atoms with Crippen LogP contribution in [0.3, 0.4) is 0 Å². The van der Waals surface area contributed by atoms with E-state index < -0.39 is 6.61 Å². The van der Waals surface area contributed by atoms with Gasteiger partial charge in [-0.25, -0.2) is 0 Å². The van der Waals surface area contributed by atoms with E-state index in [9.17, 15) is 8.78 Å². The van der Waals surface area contributed by atoms with Crippen LogP contribution in [0.25, 0.3) is 0 Å². The summed E-state index contributed by atoms with van der Waals surface area (Å²) in [7, 11) is 0. The van der Waals surface area contributed by atoms with Crippen LogP contribution < -0.4 is 10.1 Å². The van der Waals surface area contributed by atoms with Gasteiger partial charge in [0, 0.05) is 12.0 Å². The summed E-state index contributed by atoms with van der Waals surface area (Å²) in [6, 6.07) is 17.3. The molecule has 0 amide bonds. The van der Waals surface area contributed by atoms with Gasteiger partial charge in [-0.1, -0.05) is 48.5 Å². The monoisotopic (exact) mass is 289 g/mol. The summed E-state index contributed by atoms with van der Waals surface area (Å²) >= 11 is 0. The third-order valence-electron chi connectivity index (χ3n) is 3.92. The molecule has 2 nitrogen and oxygen atoms in total. The van der Waals surface area contributed by atoms with Crippen molar-refractivity contribution in [2.24, 2.45) is 0 Å². The number of hydrogen-bond donors (Lipinski definition) is 1. The first-order valence-electron chi connectivity index (χ1n) is 7.08. The molecule has 4 heteroatoms. The van der Waals surface area contributed by atoms with E-state index in [4.69, 9.17) is 0 Å². The van der Waals surface area contributed by atoms with Gasteiger partial charge in [0.25, 0.3) is 0 Å². The summed E-state index contributed by atoms with van der Waals surface area (Å²) in [5, 5.41) is 3.46. The van der Waals surface area contributed by atoms with Crippen LogP contribution in [0.2, 0.25) is 0 Å². The molecular weight excluding hydrogens is 272 g/mol. The summed E-state index contributed by atoms with van der Waals surface area (Å²) in [6.45, 7) is -1.93. The lowest BCUT2D eigenvalue weighted by atomic mass is 9.87. The average molecular weight is 289 g/mol. The maximum absolute atomic E-state index is 12.6. The topological polar surface area (TPSA) is 21.3 Å². The Hall–Kier alpha value is -1.94. The molecule has 1 heterocycles. The molecule has 2 aromatic carbocycles. The summed E-state index contributed by atoms with van der Waals surface area (Å²) < 4.78 is 29.8. The van der Waals surface area contributed by atoms with Gasteiger partial charge in [-0.05, 0) is 30.2 Å². The van der Waals surface area contributed by atoms with Crippen LogP contribution in [0.4, 0.5) is 8.78 Å². The maximum atomic E-state index is 12.6. The molecule has 110 valence electrons. The van der Waals surface area contributed by atoms with Crippen molar-refractivity contribution in [3.05, 3.63) is 65.7 Å². The highest BCUT2D eigenvalue weighted by atomic mass is 19.3. The highest BCUT2D eigenvalue weighted by molar-refractivity contribution is 5.40. The van der Waals surface area contributed by atoms with Crippen LogP contribution in [-0.2, 0) is 0 Å². The molecule has 0 bridgehead atoms. The van der Waals surface area contributed by atoms with Gasteiger partial charge in [0.15, 0.2) is 0 Å². The Morgan fingerprint density at radius 3 is 2.48 bits per heavy atom. The smallest absolute Gasteiger partial charge is 0.387 e. The second-order valence-corrected chi connectivity index (χ2v) is 5.15. The number of ether oxygens (including phenoxy) is 1. The third kappa shape index (κ3) is 3.05. The van der Waals surface area contributed by atoms with Crippen LogP contribution in [0.15, 0.2) is 54.6 Å². The zero-order valence-electron chi connectivity index (χ0n) is 11.5. The van der Waals surface area contributed by atoms with Crippen molar-refractivity contribution in [3.8, 4) is 5.75 Å². The normalized spacial score (nSPS) is 21.7. The molecule has 0 aliphatic carbocycles. The Kier molecular flexibility index (Phi) is 4.15. The van der Waals surface area contributed by atoms with Crippen LogP contribution in [0, 0.1) is 0 Å². The lowest BCUT2D eigenvalue weighted by Crippen LogP contribution is -2.17. The number of para-hydroxylation sites is 1. The zero-order valence-corrected chi connectivity index (χ0v) is 11.5. The van der Waals surface area contributed by atoms with Crippen molar-refractivity contribution in [3.63, 3.8) is 0 Å². The summed E-state index contributed by atoms with van der Waals surface area (Å²) in [4.78, 5) is 0. The van der Waals surface area contributed by atoms with Crippen LogP contribution in [0.5, 0.6) is 5.75 Å². The van der Waals surface area contributed by atoms with Gasteiger partial charge in [-0.15, -0.1) is 0 Å². The molecule has 0 saturated carbocycles. The van der Waals surface area contributed by atoms with E-state index in [0.29, 0.717) is 0 Å². The van der Waals surface area contributed by atoms with E-state index >= 15 is 0 Å². The minimum absolute atomic E-state index is 0.133. The van der Waals surface area contributed by atoms with E-state index in [0.717, 1.165) is 18.5 Å². The van der Waals surface area contributed by atoms with Gasteiger partial charge in [0.1, 0.15) is 5.75 Å². The first-order chi connectivity index (χ1) is 10.3. The molecule has 1 aliphatic rings. The lowest BCUT2D eigenvalue weighted by Gasteiger charge is -2.22. The average Bonchev–Trinajstić information content (AvgIpc) is 2.97. The number of nitrogens with one attached hydrogen (secondary N) is 1. The Balaban J connectivity index is 1.92. The highest BCUT2D eigenvalue weighted by Crippen LogP contribution is 2.41. The maximum Gasteiger partial charge on any atom is 0.387 e. The van der Waals surface area contributed by atoms with E-state index in [-0.39, 0.29) is 17.7 Å². The first kappa shape index (κ1) is 14.0. The molecule has 0 aromatic heterocycles. The zero-order chi connectivity index (χ0) is 14.7. The van der Waals surface area contributed by atoms with Crippen molar-refractivity contribution in [1.82, 2.24) is 5.32 Å². The largest absolute Gasteiger partial charge is 0.435 e. The van der Waals surface area contributed by atoms with Gasteiger partial charge in [0.05, 0.1) is 0 Å². The van der Waals surface area contributed by atoms with Crippen LogP contribution in [0.1, 0.15) is 29.5 Å². The van der Waals surface area contributed by atoms with E-state index in [2.05, 4.69) is 22.2 Å². The lowest BCUT2D eigenvalue weighted by molar-refractivity contribution is -0.0506. The molecular formula is C17H17F2NO. The molecule has 3 rings (SSSR count). The number of hydrogen-bond acceptors (Lipinski definition) is 2. The fourth-order valence-electron chi connectivity index (χ4n) is 3.04. The first-order valence-corrected chi connectivity index (χ1v) is 7.08. The van der Waals surface area contributed by atoms with Crippen molar-refractivity contribution in [1.29, 1.82) is 0 Å². The Labute approximate surface area is 122 Å². The van der Waals surface area contributed by atoms with Gasteiger partial charge in [-0.2, -0.15) is 8.78 Å². The standard InChI is InChI=1S/C17H17F2NO/c18-17(19)21-15-9-5-4-8-13(15)14-10-11-20-16(14)12-6-2-1-3-7-12/h1-9,14,16-17,20H,10-11H2. The minimum Gasteiger partial charge on any atom is -0.435 e. The summed E-state index contributed by atoms with van der Waals surface area (Å²) in [6.07, 6.45) is 0.906. The molecule has 1 aliphatic heterocycles. The minimum atomic E-state index is -2.80. The molecule has 0 radical (unpaired) electrons. The second kappa shape index (κ2) is 6.22. The van der Waals surface area contributed by atoms with Gasteiger partial charge >= 0.3 is 6.61 Å². The Morgan fingerprint density at radius 1 is 1.00 bits per heavy atom. The fraction of sp³-hybridized carbons (Fsp3) is 0.294. The molecule has 2 aromatic rings. The number of alkyl halides is 2. The van der Waals surface area contributed by atoms with Gasteiger partial charge in [-0.3, -0.25) is 0 Å². The Bertz CT molecular complexity index is 588. The van der Waals surface area contributed by atoms with Crippen molar-refractivity contribution in [2.75, 3.05) is 6.54 Å². The SMILES string of the molecule is FC(F)Oc1ccccc1C1CCNC1c1ccccc1. The second-order valence-electron chi connectivity index (χ2n) is 5.15. The van der Waals surface area contributed by atoms with E-state index in [1.54, 1.807) is 12.1 Å². The number of halogens is 2. The van der Waals surface area contributed by atoms with Crippen LogP contribution >= 0.6 is 0 Å². The molecule has 2 unspecified atom stereocenters. The molecule has 0 spiro atoms. The van der Waals surface area contributed by atoms with Crippen LogP contribution in [-0.4, -0.2) is 13.2 Å². The molecule has 1 N–H and O–H groups in total.